The van der Waals surface area contributed by atoms with Gasteiger partial charge in [0.25, 0.3) is 5.91 Å². The standard InChI is InChI=1S/C22H26ClN3O2/c1-15(2)12-13-26-20-7-5-4-6-19(20)25-22(26)16(3)24-21(27)14-28-18-10-8-17(23)9-11-18/h4-11,15-16H,12-14H2,1-3H3,(H,24,27). The number of amides is 1. The summed E-state index contributed by atoms with van der Waals surface area (Å²) in [4.78, 5) is 17.1. The van der Waals surface area contributed by atoms with Crippen molar-refractivity contribution in [2.75, 3.05) is 6.61 Å². The quantitative estimate of drug-likeness (QED) is 0.580. The van der Waals surface area contributed by atoms with Crippen molar-refractivity contribution in [2.24, 2.45) is 5.92 Å². The van der Waals surface area contributed by atoms with Crippen LogP contribution in [0.5, 0.6) is 5.75 Å². The van der Waals surface area contributed by atoms with E-state index < -0.39 is 0 Å². The zero-order valence-corrected chi connectivity index (χ0v) is 17.2. The maximum atomic E-state index is 12.4. The summed E-state index contributed by atoms with van der Waals surface area (Å²) < 4.78 is 7.74. The van der Waals surface area contributed by atoms with Crippen molar-refractivity contribution >= 4 is 28.5 Å². The summed E-state index contributed by atoms with van der Waals surface area (Å²) in [5, 5.41) is 3.62. The minimum absolute atomic E-state index is 0.0573. The largest absolute Gasteiger partial charge is 0.484 e. The lowest BCUT2D eigenvalue weighted by atomic mass is 10.1. The van der Waals surface area contributed by atoms with Gasteiger partial charge in [0, 0.05) is 11.6 Å². The summed E-state index contributed by atoms with van der Waals surface area (Å²) in [5.41, 5.74) is 2.04. The van der Waals surface area contributed by atoms with Crippen LogP contribution in [0, 0.1) is 5.92 Å². The SMILES string of the molecule is CC(C)CCn1c(C(C)NC(=O)COc2ccc(Cl)cc2)nc2ccccc21. The van der Waals surface area contributed by atoms with Crippen LogP contribution in [0.1, 0.15) is 39.1 Å². The van der Waals surface area contributed by atoms with Crippen molar-refractivity contribution in [1.29, 1.82) is 0 Å². The Morgan fingerprint density at radius 2 is 1.86 bits per heavy atom. The predicted octanol–water partition coefficient (Wildman–Crippen LogP) is 4.99. The first kappa shape index (κ1) is 20.2. The van der Waals surface area contributed by atoms with Crippen LogP contribution in [0.4, 0.5) is 0 Å². The van der Waals surface area contributed by atoms with E-state index in [-0.39, 0.29) is 18.6 Å². The first-order chi connectivity index (χ1) is 13.4. The highest BCUT2D eigenvalue weighted by molar-refractivity contribution is 6.30. The summed E-state index contributed by atoms with van der Waals surface area (Å²) in [6.07, 6.45) is 1.05. The highest BCUT2D eigenvalue weighted by Crippen LogP contribution is 2.22. The Kier molecular flexibility index (Phi) is 6.57. The maximum absolute atomic E-state index is 12.4. The van der Waals surface area contributed by atoms with Crippen molar-refractivity contribution in [3.63, 3.8) is 0 Å². The average molecular weight is 400 g/mol. The van der Waals surface area contributed by atoms with Gasteiger partial charge in [0.15, 0.2) is 6.61 Å². The second-order valence-electron chi connectivity index (χ2n) is 7.32. The van der Waals surface area contributed by atoms with Gasteiger partial charge in [-0.25, -0.2) is 4.98 Å². The second kappa shape index (κ2) is 9.11. The van der Waals surface area contributed by atoms with E-state index in [0.717, 1.165) is 29.8 Å². The molecule has 2 aromatic carbocycles. The van der Waals surface area contributed by atoms with Gasteiger partial charge < -0.3 is 14.6 Å². The first-order valence-corrected chi connectivity index (χ1v) is 9.94. The lowest BCUT2D eigenvalue weighted by molar-refractivity contribution is -0.123. The molecule has 5 nitrogen and oxygen atoms in total. The molecule has 3 rings (SSSR count). The molecule has 1 amide bonds. The molecular weight excluding hydrogens is 374 g/mol. The first-order valence-electron chi connectivity index (χ1n) is 9.57. The number of para-hydroxylation sites is 2. The lowest BCUT2D eigenvalue weighted by Crippen LogP contribution is -2.32. The van der Waals surface area contributed by atoms with E-state index in [1.54, 1.807) is 24.3 Å². The third kappa shape index (κ3) is 5.04. The summed E-state index contributed by atoms with van der Waals surface area (Å²) in [7, 11) is 0. The van der Waals surface area contributed by atoms with E-state index in [1.807, 2.05) is 25.1 Å². The third-order valence-corrected chi connectivity index (χ3v) is 4.81. The number of hydrogen-bond acceptors (Lipinski definition) is 3. The van der Waals surface area contributed by atoms with Crippen LogP contribution in [-0.4, -0.2) is 22.1 Å². The highest BCUT2D eigenvalue weighted by Gasteiger charge is 2.18. The van der Waals surface area contributed by atoms with Crippen LogP contribution in [-0.2, 0) is 11.3 Å². The van der Waals surface area contributed by atoms with Crippen molar-refractivity contribution in [1.82, 2.24) is 14.9 Å². The molecule has 6 heteroatoms. The summed E-state index contributed by atoms with van der Waals surface area (Å²) >= 11 is 5.86. The van der Waals surface area contributed by atoms with Crippen LogP contribution in [0.15, 0.2) is 48.5 Å². The van der Waals surface area contributed by atoms with Crippen molar-refractivity contribution in [2.45, 2.75) is 39.8 Å². The number of ether oxygens (including phenoxy) is 1. The molecule has 1 heterocycles. The molecule has 1 unspecified atom stereocenters. The average Bonchev–Trinajstić information content (AvgIpc) is 3.04. The molecule has 0 fully saturated rings. The van der Waals surface area contributed by atoms with Gasteiger partial charge >= 0.3 is 0 Å². The number of fused-ring (bicyclic) bond motifs is 1. The monoisotopic (exact) mass is 399 g/mol. The zero-order chi connectivity index (χ0) is 20.1. The third-order valence-electron chi connectivity index (χ3n) is 4.56. The number of carbonyl (C=O) groups is 1. The summed E-state index contributed by atoms with van der Waals surface area (Å²) in [6, 6.07) is 14.8. The molecule has 0 bridgehead atoms. The fourth-order valence-electron chi connectivity index (χ4n) is 3.07. The molecule has 0 saturated heterocycles. The molecule has 0 radical (unpaired) electrons. The Morgan fingerprint density at radius 3 is 2.57 bits per heavy atom. The fraction of sp³-hybridized carbons (Fsp3) is 0.364. The molecule has 28 heavy (non-hydrogen) atoms. The van der Waals surface area contributed by atoms with Crippen molar-refractivity contribution in [3.8, 4) is 5.75 Å². The number of halogens is 1. The van der Waals surface area contributed by atoms with Gasteiger partial charge in [-0.05, 0) is 55.7 Å². The predicted molar refractivity (Wildman–Crippen MR) is 113 cm³/mol. The number of carbonyl (C=O) groups excluding carboxylic acids is 1. The number of aromatic nitrogens is 2. The normalized spacial score (nSPS) is 12.3. The van der Waals surface area contributed by atoms with Gasteiger partial charge in [-0.1, -0.05) is 37.6 Å². The number of nitrogens with one attached hydrogen (secondary N) is 1. The fourth-order valence-corrected chi connectivity index (χ4v) is 3.20. The zero-order valence-electron chi connectivity index (χ0n) is 16.5. The van der Waals surface area contributed by atoms with Gasteiger partial charge in [-0.3, -0.25) is 4.79 Å². The van der Waals surface area contributed by atoms with Crippen LogP contribution < -0.4 is 10.1 Å². The van der Waals surface area contributed by atoms with Crippen LogP contribution in [0.2, 0.25) is 5.02 Å². The number of aryl methyl sites for hydroxylation is 1. The van der Waals surface area contributed by atoms with E-state index in [0.29, 0.717) is 16.7 Å². The van der Waals surface area contributed by atoms with Gasteiger partial charge in [-0.15, -0.1) is 0 Å². The molecule has 1 N–H and O–H groups in total. The topological polar surface area (TPSA) is 56.2 Å². The van der Waals surface area contributed by atoms with Gasteiger partial charge in [-0.2, -0.15) is 0 Å². The van der Waals surface area contributed by atoms with Crippen LogP contribution in [0.25, 0.3) is 11.0 Å². The number of nitrogens with zero attached hydrogens (tertiary/aromatic N) is 2. The number of imidazole rings is 1. The lowest BCUT2D eigenvalue weighted by Gasteiger charge is -2.17. The molecule has 0 saturated carbocycles. The van der Waals surface area contributed by atoms with E-state index in [2.05, 4.69) is 29.8 Å². The highest BCUT2D eigenvalue weighted by atomic mass is 35.5. The van der Waals surface area contributed by atoms with Crippen LogP contribution >= 0.6 is 11.6 Å². The maximum Gasteiger partial charge on any atom is 0.258 e. The number of hydrogen-bond donors (Lipinski definition) is 1. The van der Waals surface area contributed by atoms with Crippen molar-refractivity contribution < 1.29 is 9.53 Å². The van der Waals surface area contributed by atoms with Gasteiger partial charge in [0.2, 0.25) is 0 Å². The smallest absolute Gasteiger partial charge is 0.258 e. The summed E-state index contributed by atoms with van der Waals surface area (Å²) in [6.45, 7) is 7.18. The number of rotatable bonds is 8. The van der Waals surface area contributed by atoms with E-state index in [9.17, 15) is 4.79 Å². The Morgan fingerprint density at radius 1 is 1.14 bits per heavy atom. The Balaban J connectivity index is 1.69. The molecule has 0 aliphatic rings. The van der Waals surface area contributed by atoms with E-state index in [4.69, 9.17) is 21.3 Å². The molecule has 1 aromatic heterocycles. The van der Waals surface area contributed by atoms with Crippen molar-refractivity contribution in [3.05, 3.63) is 59.4 Å². The van der Waals surface area contributed by atoms with Gasteiger partial charge in [0.05, 0.1) is 17.1 Å². The van der Waals surface area contributed by atoms with Gasteiger partial charge in [0.1, 0.15) is 11.6 Å². The minimum atomic E-state index is -0.221. The van der Waals surface area contributed by atoms with E-state index in [1.165, 1.54) is 0 Å². The minimum Gasteiger partial charge on any atom is -0.484 e. The molecule has 0 aliphatic heterocycles. The second-order valence-corrected chi connectivity index (χ2v) is 7.76. The number of benzene rings is 2. The Labute approximate surface area is 170 Å². The molecule has 1 atom stereocenters. The molecule has 148 valence electrons. The van der Waals surface area contributed by atoms with Crippen LogP contribution in [0.3, 0.4) is 0 Å². The Hall–Kier alpha value is -2.53. The molecule has 0 spiro atoms. The Bertz CT molecular complexity index is 935. The summed E-state index contributed by atoms with van der Waals surface area (Å²) in [5.74, 6) is 1.87. The molecule has 0 aliphatic carbocycles. The molecule has 3 aromatic rings. The molecular formula is C22H26ClN3O2. The van der Waals surface area contributed by atoms with E-state index >= 15 is 0 Å².